The Bertz CT molecular complexity index is 555. The summed E-state index contributed by atoms with van der Waals surface area (Å²) in [5, 5.41) is 9.28. The van der Waals surface area contributed by atoms with Crippen molar-refractivity contribution in [1.29, 1.82) is 0 Å². The van der Waals surface area contributed by atoms with Crippen molar-refractivity contribution in [1.82, 2.24) is 9.80 Å². The molecule has 3 N–H and O–H groups in total. The molecular weight excluding hydrogens is 330 g/mol. The van der Waals surface area contributed by atoms with Crippen molar-refractivity contribution in [2.75, 3.05) is 26.2 Å². The van der Waals surface area contributed by atoms with Crippen LogP contribution in [0.4, 0.5) is 0 Å². The molecule has 1 aliphatic heterocycles. The Labute approximate surface area is 149 Å². The second kappa shape index (κ2) is 8.89. The van der Waals surface area contributed by atoms with E-state index in [1.165, 1.54) is 12.1 Å². The Morgan fingerprint density at radius 3 is 2.08 bits per heavy atom. The van der Waals surface area contributed by atoms with Gasteiger partial charge in [-0.05, 0) is 36.6 Å². The Morgan fingerprint density at radius 2 is 1.58 bits per heavy atom. The second-order valence-corrected chi connectivity index (χ2v) is 6.40. The molecule has 0 aromatic heterocycles. The summed E-state index contributed by atoms with van der Waals surface area (Å²) in [7, 11) is 0. The average molecular weight is 356 g/mol. The third-order valence-corrected chi connectivity index (χ3v) is 4.04. The first-order valence-corrected chi connectivity index (χ1v) is 8.01. The summed E-state index contributed by atoms with van der Waals surface area (Å²) < 4.78 is 0. The highest BCUT2D eigenvalue weighted by Gasteiger charge is 2.27. The van der Waals surface area contributed by atoms with E-state index in [9.17, 15) is 14.7 Å². The molecule has 2 rings (SSSR count). The van der Waals surface area contributed by atoms with E-state index in [1.54, 1.807) is 21.9 Å². The molecule has 1 aromatic carbocycles. The number of nitrogens with two attached hydrogens (primary N) is 1. The number of rotatable bonds is 4. The van der Waals surface area contributed by atoms with E-state index < -0.39 is 6.04 Å². The minimum absolute atomic E-state index is 0. The lowest BCUT2D eigenvalue weighted by Gasteiger charge is -2.36. The summed E-state index contributed by atoms with van der Waals surface area (Å²) >= 11 is 0. The number of aromatic hydroxyl groups is 1. The maximum absolute atomic E-state index is 12.4. The zero-order valence-electron chi connectivity index (χ0n) is 14.1. The Kier molecular flexibility index (Phi) is 7.51. The zero-order valence-corrected chi connectivity index (χ0v) is 15.0. The molecule has 0 unspecified atom stereocenters. The summed E-state index contributed by atoms with van der Waals surface area (Å²) in [5.74, 6) is 0.404. The third kappa shape index (κ3) is 5.11. The minimum atomic E-state index is -0.464. The predicted octanol–water partition coefficient (Wildman–Crippen LogP) is 1.47. The number of carbonyl (C=O) groups excluding carboxylic acids is 2. The largest absolute Gasteiger partial charge is 0.508 e. The van der Waals surface area contributed by atoms with Crippen LogP contribution in [0.2, 0.25) is 0 Å². The third-order valence-electron chi connectivity index (χ3n) is 4.04. The number of amides is 2. The van der Waals surface area contributed by atoms with E-state index >= 15 is 0 Å². The van der Waals surface area contributed by atoms with E-state index in [1.807, 2.05) is 13.8 Å². The van der Waals surface area contributed by atoms with Gasteiger partial charge in [0.1, 0.15) is 5.75 Å². The van der Waals surface area contributed by atoms with Gasteiger partial charge in [-0.15, -0.1) is 12.4 Å². The Balaban J connectivity index is 0.00000288. The van der Waals surface area contributed by atoms with Crippen LogP contribution in [0, 0.1) is 5.92 Å². The molecule has 0 spiro atoms. The van der Waals surface area contributed by atoms with Gasteiger partial charge in [-0.25, -0.2) is 0 Å². The SMILES string of the molecule is CC(C)C[C@H](N)C(=O)N1CCN(C(=O)c2ccc(O)cc2)CC1.Cl. The van der Waals surface area contributed by atoms with E-state index in [2.05, 4.69) is 0 Å². The predicted molar refractivity (Wildman–Crippen MR) is 95.3 cm³/mol. The van der Waals surface area contributed by atoms with Crippen LogP contribution in [0.15, 0.2) is 24.3 Å². The van der Waals surface area contributed by atoms with Crippen molar-refractivity contribution < 1.29 is 14.7 Å². The molecule has 0 aliphatic carbocycles. The molecule has 0 bridgehead atoms. The van der Waals surface area contributed by atoms with Crippen molar-refractivity contribution in [2.45, 2.75) is 26.3 Å². The van der Waals surface area contributed by atoms with Crippen molar-refractivity contribution in [3.8, 4) is 5.75 Å². The lowest BCUT2D eigenvalue weighted by atomic mass is 10.0. The van der Waals surface area contributed by atoms with Gasteiger partial charge < -0.3 is 20.6 Å². The number of nitrogens with zero attached hydrogens (tertiary/aromatic N) is 2. The Morgan fingerprint density at radius 1 is 1.08 bits per heavy atom. The fourth-order valence-electron chi connectivity index (χ4n) is 2.76. The minimum Gasteiger partial charge on any atom is -0.508 e. The number of benzene rings is 1. The zero-order chi connectivity index (χ0) is 17.0. The maximum Gasteiger partial charge on any atom is 0.253 e. The number of phenols is 1. The average Bonchev–Trinajstić information content (AvgIpc) is 2.53. The number of phenolic OH excluding ortho intramolecular Hbond substituents is 1. The molecule has 1 saturated heterocycles. The summed E-state index contributed by atoms with van der Waals surface area (Å²) in [4.78, 5) is 28.1. The molecule has 1 fully saturated rings. The highest BCUT2D eigenvalue weighted by molar-refractivity contribution is 5.94. The normalized spacial score (nSPS) is 15.8. The molecule has 1 atom stereocenters. The number of hydrogen-bond donors (Lipinski definition) is 2. The van der Waals surface area contributed by atoms with Crippen molar-refractivity contribution in [2.24, 2.45) is 11.7 Å². The van der Waals surface area contributed by atoms with E-state index in [0.29, 0.717) is 44.1 Å². The maximum atomic E-state index is 12.4. The van der Waals surface area contributed by atoms with Crippen LogP contribution in [-0.2, 0) is 4.79 Å². The molecule has 1 aliphatic rings. The molecule has 0 saturated carbocycles. The highest BCUT2D eigenvalue weighted by Crippen LogP contribution is 2.14. The summed E-state index contributed by atoms with van der Waals surface area (Å²) in [5.41, 5.74) is 6.49. The van der Waals surface area contributed by atoms with Gasteiger partial charge in [0.25, 0.3) is 5.91 Å². The first kappa shape index (κ1) is 20.3. The first-order chi connectivity index (χ1) is 10.9. The van der Waals surface area contributed by atoms with Crippen LogP contribution in [0.3, 0.4) is 0 Å². The molecule has 7 heteroatoms. The van der Waals surface area contributed by atoms with Gasteiger partial charge >= 0.3 is 0 Å². The number of hydrogen-bond acceptors (Lipinski definition) is 4. The van der Waals surface area contributed by atoms with Crippen LogP contribution >= 0.6 is 12.4 Å². The van der Waals surface area contributed by atoms with Gasteiger partial charge in [-0.3, -0.25) is 9.59 Å². The monoisotopic (exact) mass is 355 g/mol. The fourth-order valence-corrected chi connectivity index (χ4v) is 2.76. The summed E-state index contributed by atoms with van der Waals surface area (Å²) in [6.07, 6.45) is 0.672. The molecule has 2 amide bonds. The standard InChI is InChI=1S/C17H25N3O3.ClH/c1-12(2)11-15(18)17(23)20-9-7-19(8-10-20)16(22)13-3-5-14(21)6-4-13;/h3-6,12,15,21H,7-11,18H2,1-2H3;1H/t15-;/m0./s1. The van der Waals surface area contributed by atoms with E-state index in [0.717, 1.165) is 0 Å². The van der Waals surface area contributed by atoms with Crippen molar-refractivity contribution in [3.05, 3.63) is 29.8 Å². The number of carbonyl (C=O) groups is 2. The van der Waals surface area contributed by atoms with Gasteiger partial charge in [0.2, 0.25) is 5.91 Å². The number of piperazine rings is 1. The van der Waals surface area contributed by atoms with Gasteiger partial charge in [-0.1, -0.05) is 13.8 Å². The molecule has 134 valence electrons. The van der Waals surface area contributed by atoms with Crippen molar-refractivity contribution in [3.63, 3.8) is 0 Å². The van der Waals surface area contributed by atoms with Crippen LogP contribution in [0.25, 0.3) is 0 Å². The lowest BCUT2D eigenvalue weighted by Crippen LogP contribution is -2.54. The fraction of sp³-hybridized carbons (Fsp3) is 0.529. The smallest absolute Gasteiger partial charge is 0.253 e. The summed E-state index contributed by atoms with van der Waals surface area (Å²) in [6, 6.07) is 5.74. The highest BCUT2D eigenvalue weighted by atomic mass is 35.5. The van der Waals surface area contributed by atoms with Gasteiger partial charge in [0, 0.05) is 31.7 Å². The molecule has 0 radical (unpaired) electrons. The lowest BCUT2D eigenvalue weighted by molar-refractivity contribution is -0.134. The van der Waals surface area contributed by atoms with Crippen molar-refractivity contribution >= 4 is 24.2 Å². The van der Waals surface area contributed by atoms with Crippen LogP contribution in [0.1, 0.15) is 30.6 Å². The van der Waals surface area contributed by atoms with Crippen LogP contribution < -0.4 is 5.73 Å². The molecule has 1 aromatic rings. The summed E-state index contributed by atoms with van der Waals surface area (Å²) in [6.45, 7) is 6.10. The van der Waals surface area contributed by atoms with Gasteiger partial charge in [-0.2, -0.15) is 0 Å². The number of halogens is 1. The first-order valence-electron chi connectivity index (χ1n) is 8.01. The molecular formula is C17H26ClN3O3. The second-order valence-electron chi connectivity index (χ2n) is 6.40. The molecule has 1 heterocycles. The topological polar surface area (TPSA) is 86.9 Å². The van der Waals surface area contributed by atoms with Gasteiger partial charge in [0.15, 0.2) is 0 Å². The van der Waals surface area contributed by atoms with Crippen LogP contribution in [0.5, 0.6) is 5.75 Å². The van der Waals surface area contributed by atoms with E-state index in [4.69, 9.17) is 5.73 Å². The quantitative estimate of drug-likeness (QED) is 0.856. The molecule has 24 heavy (non-hydrogen) atoms. The van der Waals surface area contributed by atoms with Crippen LogP contribution in [-0.4, -0.2) is 58.9 Å². The molecule has 6 nitrogen and oxygen atoms in total. The van der Waals surface area contributed by atoms with E-state index in [-0.39, 0.29) is 30.0 Å². The Hall–Kier alpha value is -1.79. The van der Waals surface area contributed by atoms with Gasteiger partial charge in [0.05, 0.1) is 6.04 Å².